The number of aromatic nitrogens is 1. The van der Waals surface area contributed by atoms with E-state index in [0.717, 1.165) is 29.3 Å². The molecule has 2 aromatic carbocycles. The van der Waals surface area contributed by atoms with Gasteiger partial charge in [-0.2, -0.15) is 0 Å². The van der Waals surface area contributed by atoms with Crippen LogP contribution >= 0.6 is 0 Å². The highest BCUT2D eigenvalue weighted by Gasteiger charge is 2.39. The Morgan fingerprint density at radius 1 is 0.947 bits per heavy atom. The van der Waals surface area contributed by atoms with E-state index in [1.54, 1.807) is 35.8 Å². The molecule has 1 unspecified atom stereocenters. The maximum absolute atomic E-state index is 13.7. The van der Waals surface area contributed by atoms with Crippen molar-refractivity contribution in [3.63, 3.8) is 0 Å². The number of carbonyl (C=O) groups excluding carboxylic acids is 3. The molecule has 5 N–H and O–H groups in total. The van der Waals surface area contributed by atoms with E-state index >= 15 is 0 Å². The van der Waals surface area contributed by atoms with Crippen LogP contribution in [-0.4, -0.2) is 50.4 Å². The van der Waals surface area contributed by atoms with E-state index in [2.05, 4.69) is 10.3 Å². The Hall–Kier alpha value is -4.18. The van der Waals surface area contributed by atoms with Gasteiger partial charge in [-0.25, -0.2) is 10.3 Å². The molecule has 1 aromatic heterocycles. The molecular formula is C28H32N4O6. The number of hydrogen-bond donors (Lipinski definition) is 5. The number of hydroxylamine groups is 1. The number of aliphatic carboxylic acids is 1. The zero-order valence-electron chi connectivity index (χ0n) is 21.0. The first-order valence-corrected chi connectivity index (χ1v) is 12.8. The Morgan fingerprint density at radius 2 is 1.63 bits per heavy atom. The van der Waals surface area contributed by atoms with Crippen LogP contribution in [0.25, 0.3) is 10.9 Å². The van der Waals surface area contributed by atoms with Crippen molar-refractivity contribution in [1.29, 1.82) is 0 Å². The van der Waals surface area contributed by atoms with E-state index in [0.29, 0.717) is 37.1 Å². The Bertz CT molecular complexity index is 1310. The van der Waals surface area contributed by atoms with Crippen molar-refractivity contribution in [2.75, 3.05) is 6.54 Å². The van der Waals surface area contributed by atoms with Crippen LogP contribution in [0.4, 0.5) is 0 Å². The van der Waals surface area contributed by atoms with Crippen molar-refractivity contribution in [2.24, 2.45) is 0 Å². The maximum atomic E-state index is 13.7. The van der Waals surface area contributed by atoms with Gasteiger partial charge in [0.05, 0.1) is 5.69 Å². The number of rotatable bonds is 11. The molecule has 0 spiro atoms. The number of para-hydroxylation sites is 1. The van der Waals surface area contributed by atoms with Crippen molar-refractivity contribution >= 4 is 34.6 Å². The molecule has 0 aliphatic carbocycles. The minimum atomic E-state index is -1.26. The predicted octanol–water partition coefficient (Wildman–Crippen LogP) is 3.38. The summed E-state index contributed by atoms with van der Waals surface area (Å²) < 4.78 is 0. The Kier molecular flexibility index (Phi) is 8.75. The van der Waals surface area contributed by atoms with Gasteiger partial charge < -0.3 is 20.3 Å². The summed E-state index contributed by atoms with van der Waals surface area (Å²) in [5.41, 5.74) is 4.46. The summed E-state index contributed by atoms with van der Waals surface area (Å²) in [5, 5.41) is 22.1. The van der Waals surface area contributed by atoms with E-state index < -0.39 is 29.9 Å². The first-order chi connectivity index (χ1) is 18.4. The fourth-order valence-corrected chi connectivity index (χ4v) is 5.05. The number of H-pyrrole nitrogens is 1. The Labute approximate surface area is 220 Å². The molecule has 0 saturated heterocycles. The lowest BCUT2D eigenvalue weighted by Crippen LogP contribution is -2.48. The number of unbranched alkanes of at least 4 members (excludes halogenated alkanes) is 3. The average Bonchev–Trinajstić information content (AvgIpc) is 3.31. The molecule has 3 aromatic rings. The van der Waals surface area contributed by atoms with Crippen LogP contribution in [0.5, 0.6) is 0 Å². The molecular weight excluding hydrogens is 488 g/mol. The molecule has 2 heterocycles. The summed E-state index contributed by atoms with van der Waals surface area (Å²) in [6.45, 7) is 0.339. The van der Waals surface area contributed by atoms with Gasteiger partial charge in [-0.1, -0.05) is 61.4 Å². The number of amides is 3. The molecule has 10 heteroatoms. The number of fused-ring (bicyclic) bond motifs is 3. The number of carboxylic acids is 1. The lowest BCUT2D eigenvalue weighted by molar-refractivity contribution is -0.145. The van der Waals surface area contributed by atoms with Gasteiger partial charge in [-0.05, 0) is 36.5 Å². The smallest absolute Gasteiger partial charge is 0.330 e. The molecule has 10 nitrogen and oxygen atoms in total. The summed E-state index contributed by atoms with van der Waals surface area (Å²) in [5.74, 6) is -2.37. The highest BCUT2D eigenvalue weighted by Crippen LogP contribution is 2.35. The second-order valence-corrected chi connectivity index (χ2v) is 9.44. The minimum Gasteiger partial charge on any atom is -0.479 e. The molecule has 3 amide bonds. The molecule has 0 fully saturated rings. The first kappa shape index (κ1) is 26.9. The molecule has 1 aliphatic rings. The highest BCUT2D eigenvalue weighted by molar-refractivity contribution is 5.95. The molecule has 0 radical (unpaired) electrons. The molecule has 38 heavy (non-hydrogen) atoms. The third kappa shape index (κ3) is 6.03. The molecule has 1 aliphatic heterocycles. The predicted molar refractivity (Wildman–Crippen MR) is 139 cm³/mol. The second kappa shape index (κ2) is 12.4. The monoisotopic (exact) mass is 520 g/mol. The number of aromatic amines is 1. The standard InChI is InChI=1S/C28H32N4O6/c33-22(31-38)14-6-1-2-7-15-23(34)32-17-16-20-19-12-8-9-13-21(19)29-25(20)26(32)27(35)30-24(28(36)37)18-10-4-3-5-11-18/h3-5,8-13,24,26,29,38H,1-2,6-7,14-17H2,(H,30,35)(H,31,33)(H,36,37)/t24-,26?/m0/s1. The normalized spacial score (nSPS) is 15.5. The summed E-state index contributed by atoms with van der Waals surface area (Å²) in [4.78, 5) is 55.1. The fraction of sp³-hybridized carbons (Fsp3) is 0.357. The van der Waals surface area contributed by atoms with Gasteiger partial charge in [0.1, 0.15) is 0 Å². The third-order valence-electron chi connectivity index (χ3n) is 6.94. The number of carbonyl (C=O) groups is 4. The zero-order chi connectivity index (χ0) is 27.1. The largest absolute Gasteiger partial charge is 0.479 e. The van der Waals surface area contributed by atoms with Gasteiger partial charge in [0.2, 0.25) is 17.7 Å². The first-order valence-electron chi connectivity index (χ1n) is 12.8. The summed E-state index contributed by atoms with van der Waals surface area (Å²) >= 11 is 0. The van der Waals surface area contributed by atoms with Gasteiger partial charge in [0.15, 0.2) is 12.1 Å². The third-order valence-corrected chi connectivity index (χ3v) is 6.94. The van der Waals surface area contributed by atoms with Crippen LogP contribution in [0.1, 0.15) is 67.4 Å². The lowest BCUT2D eigenvalue weighted by atomic mass is 9.95. The van der Waals surface area contributed by atoms with Crippen molar-refractivity contribution < 1.29 is 29.5 Å². The van der Waals surface area contributed by atoms with Crippen LogP contribution in [-0.2, 0) is 25.6 Å². The molecule has 0 bridgehead atoms. The van der Waals surface area contributed by atoms with E-state index in [4.69, 9.17) is 5.21 Å². The Balaban J connectivity index is 1.53. The topological polar surface area (TPSA) is 152 Å². The molecule has 0 saturated carbocycles. The molecule has 200 valence electrons. The van der Waals surface area contributed by atoms with Crippen molar-refractivity contribution in [2.45, 2.75) is 57.0 Å². The van der Waals surface area contributed by atoms with E-state index in [1.165, 1.54) is 4.90 Å². The second-order valence-electron chi connectivity index (χ2n) is 9.44. The SMILES string of the molecule is O=C(CCCCCCC(=O)N1CCc2c([nH]c3ccccc23)C1C(=O)N[C@H](C(=O)O)c1ccccc1)NO. The summed E-state index contributed by atoms with van der Waals surface area (Å²) in [7, 11) is 0. The van der Waals surface area contributed by atoms with Gasteiger partial charge in [-0.15, -0.1) is 0 Å². The van der Waals surface area contributed by atoms with Crippen LogP contribution in [0, 0.1) is 0 Å². The van der Waals surface area contributed by atoms with Gasteiger partial charge >= 0.3 is 5.97 Å². The van der Waals surface area contributed by atoms with Crippen molar-refractivity contribution in [1.82, 2.24) is 20.7 Å². The van der Waals surface area contributed by atoms with Crippen LogP contribution in [0.3, 0.4) is 0 Å². The van der Waals surface area contributed by atoms with Crippen molar-refractivity contribution in [3.8, 4) is 0 Å². The fourth-order valence-electron chi connectivity index (χ4n) is 5.05. The zero-order valence-corrected chi connectivity index (χ0v) is 21.0. The highest BCUT2D eigenvalue weighted by atomic mass is 16.5. The minimum absolute atomic E-state index is 0.186. The van der Waals surface area contributed by atoms with Gasteiger partial charge in [-0.3, -0.25) is 19.6 Å². The summed E-state index contributed by atoms with van der Waals surface area (Å²) in [6, 6.07) is 13.9. The quantitative estimate of drug-likeness (QED) is 0.148. The van der Waals surface area contributed by atoms with Crippen LogP contribution in [0.15, 0.2) is 54.6 Å². The van der Waals surface area contributed by atoms with Crippen molar-refractivity contribution in [3.05, 3.63) is 71.4 Å². The van der Waals surface area contributed by atoms with Gasteiger partial charge in [0, 0.05) is 30.3 Å². The van der Waals surface area contributed by atoms with Gasteiger partial charge in [0.25, 0.3) is 0 Å². The lowest BCUT2D eigenvalue weighted by Gasteiger charge is -2.35. The van der Waals surface area contributed by atoms with E-state index in [1.807, 2.05) is 24.3 Å². The van der Waals surface area contributed by atoms with E-state index in [9.17, 15) is 24.3 Å². The molecule has 4 rings (SSSR count). The van der Waals surface area contributed by atoms with E-state index in [-0.39, 0.29) is 18.7 Å². The molecule has 2 atom stereocenters. The Morgan fingerprint density at radius 3 is 2.34 bits per heavy atom. The number of nitrogens with one attached hydrogen (secondary N) is 3. The maximum Gasteiger partial charge on any atom is 0.330 e. The number of hydrogen-bond acceptors (Lipinski definition) is 5. The van der Waals surface area contributed by atoms with Crippen LogP contribution in [0.2, 0.25) is 0 Å². The number of nitrogens with zero attached hydrogens (tertiary/aromatic N) is 1. The number of benzene rings is 2. The summed E-state index contributed by atoms with van der Waals surface area (Å²) in [6.07, 6.45) is 3.67. The van der Waals surface area contributed by atoms with Crippen LogP contribution < -0.4 is 10.8 Å². The number of carboxylic acid groups (broad SMARTS) is 1. The average molecular weight is 521 g/mol.